The Morgan fingerprint density at radius 3 is 2.80 bits per heavy atom. The predicted molar refractivity (Wildman–Crippen MR) is 83.5 cm³/mol. The van der Waals surface area contributed by atoms with Gasteiger partial charge in [0.1, 0.15) is 4.88 Å². The molecule has 2 saturated carbocycles. The largest absolute Gasteiger partial charge is 0.348 e. The quantitative estimate of drug-likeness (QED) is 0.871. The lowest BCUT2D eigenvalue weighted by Crippen LogP contribution is -2.38. The molecule has 0 saturated heterocycles. The average molecular weight is 306 g/mol. The maximum atomic E-state index is 12.5. The molecule has 2 fully saturated rings. The Morgan fingerprint density at radius 1 is 1.25 bits per heavy atom. The first-order chi connectivity index (χ1) is 9.72. The number of rotatable bonds is 2. The Hall–Kier alpha value is -1.06. The van der Waals surface area contributed by atoms with E-state index in [1.165, 1.54) is 30.6 Å². The van der Waals surface area contributed by atoms with Crippen LogP contribution in [0.4, 0.5) is 0 Å². The van der Waals surface area contributed by atoms with Crippen molar-refractivity contribution in [1.29, 1.82) is 0 Å². The molecule has 3 atom stereocenters. The number of carbonyl (C=O) groups is 1. The molecular weight excluding hydrogens is 290 g/mol. The van der Waals surface area contributed by atoms with E-state index in [0.29, 0.717) is 21.9 Å². The zero-order valence-corrected chi connectivity index (χ0v) is 12.6. The van der Waals surface area contributed by atoms with Gasteiger partial charge in [-0.1, -0.05) is 36.2 Å². The van der Waals surface area contributed by atoms with Crippen LogP contribution >= 0.6 is 22.9 Å². The number of thiophene rings is 1. The Kier molecular flexibility index (Phi) is 3.00. The van der Waals surface area contributed by atoms with Crippen molar-refractivity contribution >= 4 is 38.9 Å². The van der Waals surface area contributed by atoms with Crippen LogP contribution in [0.1, 0.15) is 35.4 Å². The topological polar surface area (TPSA) is 29.1 Å². The van der Waals surface area contributed by atoms with Crippen molar-refractivity contribution in [2.24, 2.45) is 11.8 Å². The predicted octanol–water partition coefficient (Wildman–Crippen LogP) is 4.47. The molecule has 104 valence electrons. The van der Waals surface area contributed by atoms with Crippen LogP contribution < -0.4 is 5.32 Å². The summed E-state index contributed by atoms with van der Waals surface area (Å²) < 4.78 is 1.08. The molecule has 1 amide bonds. The van der Waals surface area contributed by atoms with Crippen LogP contribution in [0, 0.1) is 11.8 Å². The average Bonchev–Trinajstić information content (AvgIpc) is 3.14. The zero-order valence-electron chi connectivity index (χ0n) is 11.1. The molecule has 4 rings (SSSR count). The number of benzene rings is 1. The highest BCUT2D eigenvalue weighted by atomic mass is 35.5. The van der Waals surface area contributed by atoms with Crippen molar-refractivity contribution in [2.45, 2.75) is 31.7 Å². The molecule has 4 heteroatoms. The van der Waals surface area contributed by atoms with Crippen molar-refractivity contribution < 1.29 is 4.79 Å². The lowest BCUT2D eigenvalue weighted by molar-refractivity contribution is 0.0927. The lowest BCUT2D eigenvalue weighted by atomic mass is 9.95. The normalized spacial score (nSPS) is 28.1. The fourth-order valence-electron chi connectivity index (χ4n) is 3.82. The number of nitrogens with one attached hydrogen (secondary N) is 1. The molecule has 20 heavy (non-hydrogen) atoms. The van der Waals surface area contributed by atoms with Gasteiger partial charge in [0.15, 0.2) is 0 Å². The van der Waals surface area contributed by atoms with Crippen LogP contribution in [0.2, 0.25) is 5.02 Å². The summed E-state index contributed by atoms with van der Waals surface area (Å²) in [6.45, 7) is 0. The number of hydrogen-bond acceptors (Lipinski definition) is 2. The van der Waals surface area contributed by atoms with Crippen LogP contribution in [0.3, 0.4) is 0 Å². The van der Waals surface area contributed by atoms with Crippen molar-refractivity contribution in [3.8, 4) is 0 Å². The van der Waals surface area contributed by atoms with Gasteiger partial charge in [-0.2, -0.15) is 0 Å². The number of carbonyl (C=O) groups excluding carboxylic acids is 1. The molecule has 1 N–H and O–H groups in total. The maximum absolute atomic E-state index is 12.5. The van der Waals surface area contributed by atoms with E-state index < -0.39 is 0 Å². The van der Waals surface area contributed by atoms with Crippen molar-refractivity contribution in [2.75, 3.05) is 0 Å². The second kappa shape index (κ2) is 4.74. The third-order valence-corrected chi connectivity index (χ3v) is 6.47. The van der Waals surface area contributed by atoms with Gasteiger partial charge in [0.05, 0.1) is 5.02 Å². The minimum Gasteiger partial charge on any atom is -0.348 e. The first-order valence-corrected chi connectivity index (χ1v) is 8.39. The first kappa shape index (κ1) is 12.7. The highest BCUT2D eigenvalue weighted by molar-refractivity contribution is 7.21. The van der Waals surface area contributed by atoms with Gasteiger partial charge in [-0.05, 0) is 37.2 Å². The van der Waals surface area contributed by atoms with Gasteiger partial charge >= 0.3 is 0 Å². The van der Waals surface area contributed by atoms with E-state index in [1.807, 2.05) is 24.3 Å². The fraction of sp³-hybridized carbons (Fsp3) is 0.438. The number of amides is 1. The highest BCUT2D eigenvalue weighted by Crippen LogP contribution is 2.44. The maximum Gasteiger partial charge on any atom is 0.263 e. The summed E-state index contributed by atoms with van der Waals surface area (Å²) in [4.78, 5) is 13.1. The van der Waals surface area contributed by atoms with Crippen molar-refractivity contribution in [1.82, 2.24) is 5.32 Å². The second-order valence-electron chi connectivity index (χ2n) is 6.00. The molecule has 2 nitrogen and oxygen atoms in total. The van der Waals surface area contributed by atoms with Gasteiger partial charge in [-0.25, -0.2) is 0 Å². The minimum atomic E-state index is 0.00810. The molecular formula is C16H16ClNOS. The molecule has 1 heterocycles. The van der Waals surface area contributed by atoms with Crippen LogP contribution in [0.5, 0.6) is 0 Å². The zero-order chi connectivity index (χ0) is 13.7. The smallest absolute Gasteiger partial charge is 0.263 e. The molecule has 0 radical (unpaired) electrons. The lowest BCUT2D eigenvalue weighted by Gasteiger charge is -2.22. The molecule has 1 aromatic carbocycles. The molecule has 1 aromatic heterocycles. The fourth-order valence-corrected chi connectivity index (χ4v) is 5.24. The first-order valence-electron chi connectivity index (χ1n) is 7.20. The van der Waals surface area contributed by atoms with E-state index in [0.717, 1.165) is 22.4 Å². The third-order valence-electron chi connectivity index (χ3n) is 4.80. The standard InChI is InChI=1S/C16H16ClNOS/c17-14-11-3-1-2-4-13(11)20-15(14)16(19)18-12-8-9-5-6-10(12)7-9/h1-4,9-10,12H,5-8H2,(H,18,19). The van der Waals surface area contributed by atoms with E-state index in [2.05, 4.69) is 5.32 Å². The van der Waals surface area contributed by atoms with Gasteiger partial charge < -0.3 is 5.32 Å². The molecule has 3 unspecified atom stereocenters. The Bertz CT molecular complexity index is 680. The summed E-state index contributed by atoms with van der Waals surface area (Å²) >= 11 is 7.86. The Labute approximate surface area is 127 Å². The van der Waals surface area contributed by atoms with Gasteiger partial charge in [-0.15, -0.1) is 11.3 Å². The van der Waals surface area contributed by atoms with Gasteiger partial charge in [0, 0.05) is 16.1 Å². The van der Waals surface area contributed by atoms with Gasteiger partial charge in [-0.3, -0.25) is 4.79 Å². The van der Waals surface area contributed by atoms with Crippen LogP contribution in [-0.2, 0) is 0 Å². The summed E-state index contributed by atoms with van der Waals surface area (Å²) in [6.07, 6.45) is 5.07. The summed E-state index contributed by atoms with van der Waals surface area (Å²) in [5, 5.41) is 4.80. The summed E-state index contributed by atoms with van der Waals surface area (Å²) in [7, 11) is 0. The Balaban J connectivity index is 1.59. The molecule has 2 aliphatic rings. The number of hydrogen-bond donors (Lipinski definition) is 1. The molecule has 2 aliphatic carbocycles. The van der Waals surface area contributed by atoms with E-state index in [4.69, 9.17) is 11.6 Å². The number of halogens is 1. The van der Waals surface area contributed by atoms with E-state index in [9.17, 15) is 4.79 Å². The minimum absolute atomic E-state index is 0.00810. The molecule has 0 spiro atoms. The summed E-state index contributed by atoms with van der Waals surface area (Å²) in [6, 6.07) is 8.29. The SMILES string of the molecule is O=C(NC1CC2CCC1C2)c1sc2ccccc2c1Cl. The van der Waals surface area contributed by atoms with E-state index >= 15 is 0 Å². The van der Waals surface area contributed by atoms with Gasteiger partial charge in [0.2, 0.25) is 0 Å². The third kappa shape index (κ3) is 1.95. The highest BCUT2D eigenvalue weighted by Gasteiger charge is 2.40. The van der Waals surface area contributed by atoms with Crippen LogP contribution in [-0.4, -0.2) is 11.9 Å². The van der Waals surface area contributed by atoms with Crippen LogP contribution in [0.25, 0.3) is 10.1 Å². The monoisotopic (exact) mass is 305 g/mol. The number of fused-ring (bicyclic) bond motifs is 3. The summed E-state index contributed by atoms with van der Waals surface area (Å²) in [5.74, 6) is 1.54. The van der Waals surface area contributed by atoms with E-state index in [-0.39, 0.29) is 5.91 Å². The van der Waals surface area contributed by atoms with E-state index in [1.54, 1.807) is 0 Å². The van der Waals surface area contributed by atoms with Crippen LogP contribution in [0.15, 0.2) is 24.3 Å². The molecule has 0 aliphatic heterocycles. The van der Waals surface area contributed by atoms with Crippen molar-refractivity contribution in [3.63, 3.8) is 0 Å². The molecule has 2 bridgehead atoms. The van der Waals surface area contributed by atoms with Gasteiger partial charge in [0.25, 0.3) is 5.91 Å². The van der Waals surface area contributed by atoms with Crippen molar-refractivity contribution in [3.05, 3.63) is 34.2 Å². The summed E-state index contributed by atoms with van der Waals surface area (Å²) in [5.41, 5.74) is 0. The Morgan fingerprint density at radius 2 is 2.10 bits per heavy atom. The molecule has 2 aromatic rings. The second-order valence-corrected chi connectivity index (χ2v) is 7.43.